The Bertz CT molecular complexity index is 808. The molecule has 5 heteroatoms. The highest BCUT2D eigenvalue weighted by molar-refractivity contribution is 6.13. The van der Waals surface area contributed by atoms with E-state index in [1.807, 2.05) is 31.3 Å². The van der Waals surface area contributed by atoms with Crippen LogP contribution in [0.5, 0.6) is 0 Å². The molecule has 2 aliphatic rings. The molecule has 2 heterocycles. The van der Waals surface area contributed by atoms with E-state index in [2.05, 4.69) is 11.2 Å². The predicted molar refractivity (Wildman–Crippen MR) is 81.7 cm³/mol. The molecule has 1 amide bonds. The summed E-state index contributed by atoms with van der Waals surface area (Å²) in [7, 11) is 1.83. The number of hydrogen-bond donors (Lipinski definition) is 0. The average Bonchev–Trinajstić information content (AvgIpc) is 3.22. The number of nitriles is 1. The van der Waals surface area contributed by atoms with Crippen LogP contribution in [0.3, 0.4) is 0 Å². The van der Waals surface area contributed by atoms with E-state index in [1.165, 1.54) is 0 Å². The summed E-state index contributed by atoms with van der Waals surface area (Å²) in [6.45, 7) is 0. The van der Waals surface area contributed by atoms with Crippen molar-refractivity contribution in [3.05, 3.63) is 41.6 Å². The second-order valence-corrected chi connectivity index (χ2v) is 6.05. The van der Waals surface area contributed by atoms with Gasteiger partial charge in [0.05, 0.1) is 28.9 Å². The molecular weight excluding hydrogens is 276 g/mol. The summed E-state index contributed by atoms with van der Waals surface area (Å²) in [6, 6.07) is 9.73. The zero-order valence-electron chi connectivity index (χ0n) is 12.4. The molecule has 1 aromatic carbocycles. The molecule has 4 rings (SSSR count). The number of aromatic nitrogens is 2. The third-order valence-corrected chi connectivity index (χ3v) is 4.98. The van der Waals surface area contributed by atoms with Crippen LogP contribution in [0.15, 0.2) is 30.5 Å². The van der Waals surface area contributed by atoms with Gasteiger partial charge in [0.15, 0.2) is 0 Å². The van der Waals surface area contributed by atoms with Crippen LogP contribution in [-0.2, 0) is 17.3 Å². The fourth-order valence-corrected chi connectivity index (χ4v) is 4.01. The Balaban J connectivity index is 2.01. The summed E-state index contributed by atoms with van der Waals surface area (Å²) >= 11 is 0. The Morgan fingerprint density at radius 2 is 2.05 bits per heavy atom. The number of hydrogen-bond acceptors (Lipinski definition) is 3. The minimum absolute atomic E-state index is 0.0892. The highest BCUT2D eigenvalue weighted by Gasteiger charge is 2.54. The lowest BCUT2D eigenvalue weighted by Crippen LogP contribution is -2.37. The summed E-state index contributed by atoms with van der Waals surface area (Å²) < 4.78 is 1.70. The SMILES string of the molecule is Cn1nccc1N1C(=O)C2(CCCC2)c2c(C#N)cccc21. The molecule has 1 aromatic heterocycles. The quantitative estimate of drug-likeness (QED) is 0.812. The summed E-state index contributed by atoms with van der Waals surface area (Å²) in [6.07, 6.45) is 5.40. The number of anilines is 2. The van der Waals surface area contributed by atoms with Crippen molar-refractivity contribution in [3.8, 4) is 6.07 Å². The number of fused-ring (bicyclic) bond motifs is 2. The monoisotopic (exact) mass is 292 g/mol. The molecular formula is C17H16N4O. The first-order valence-corrected chi connectivity index (χ1v) is 7.55. The van der Waals surface area contributed by atoms with Gasteiger partial charge in [0.2, 0.25) is 5.91 Å². The number of aryl methyl sites for hydroxylation is 1. The van der Waals surface area contributed by atoms with E-state index in [1.54, 1.807) is 15.8 Å². The molecule has 1 aliphatic heterocycles. The van der Waals surface area contributed by atoms with E-state index in [0.717, 1.165) is 42.8 Å². The van der Waals surface area contributed by atoms with Gasteiger partial charge in [0.1, 0.15) is 5.82 Å². The number of carbonyl (C=O) groups is 1. The van der Waals surface area contributed by atoms with Gasteiger partial charge in [-0.25, -0.2) is 0 Å². The van der Waals surface area contributed by atoms with Crippen LogP contribution < -0.4 is 4.90 Å². The first-order valence-electron chi connectivity index (χ1n) is 7.55. The van der Waals surface area contributed by atoms with Crippen molar-refractivity contribution in [2.24, 2.45) is 7.05 Å². The van der Waals surface area contributed by atoms with Gasteiger partial charge >= 0.3 is 0 Å². The highest BCUT2D eigenvalue weighted by Crippen LogP contribution is 2.54. The lowest BCUT2D eigenvalue weighted by Gasteiger charge is -2.23. The van der Waals surface area contributed by atoms with Gasteiger partial charge in [-0.1, -0.05) is 18.9 Å². The second-order valence-electron chi connectivity index (χ2n) is 6.05. The Morgan fingerprint density at radius 3 is 2.68 bits per heavy atom. The summed E-state index contributed by atoms with van der Waals surface area (Å²) in [5, 5.41) is 13.7. The molecule has 110 valence electrons. The number of amides is 1. The van der Waals surface area contributed by atoms with Crippen LogP contribution in [0.25, 0.3) is 0 Å². The van der Waals surface area contributed by atoms with Crippen molar-refractivity contribution in [3.63, 3.8) is 0 Å². The molecule has 1 fully saturated rings. The van der Waals surface area contributed by atoms with E-state index >= 15 is 0 Å². The Morgan fingerprint density at radius 1 is 1.27 bits per heavy atom. The standard InChI is InChI=1S/C17H16N4O/c1-20-14(7-10-19-20)21-13-6-4-5-12(11-18)15(13)17(16(21)22)8-2-3-9-17/h4-7,10H,2-3,8-9H2,1H3. The number of carbonyl (C=O) groups excluding carboxylic acids is 1. The van der Waals surface area contributed by atoms with E-state index in [9.17, 15) is 10.1 Å². The summed E-state index contributed by atoms with van der Waals surface area (Å²) in [5.41, 5.74) is 1.86. The number of benzene rings is 1. The normalized spacial score (nSPS) is 18.7. The van der Waals surface area contributed by atoms with E-state index < -0.39 is 5.41 Å². The van der Waals surface area contributed by atoms with Crippen molar-refractivity contribution in [1.29, 1.82) is 5.26 Å². The molecule has 5 nitrogen and oxygen atoms in total. The second kappa shape index (κ2) is 4.44. The van der Waals surface area contributed by atoms with Crippen molar-refractivity contribution < 1.29 is 4.79 Å². The van der Waals surface area contributed by atoms with Gasteiger partial charge in [0, 0.05) is 18.7 Å². The predicted octanol–water partition coefficient (Wildman–Crippen LogP) is 2.78. The molecule has 0 atom stereocenters. The molecule has 0 radical (unpaired) electrons. The fourth-order valence-electron chi connectivity index (χ4n) is 4.01. The molecule has 1 saturated carbocycles. The van der Waals surface area contributed by atoms with Crippen LogP contribution in [0.4, 0.5) is 11.5 Å². The number of rotatable bonds is 1. The van der Waals surface area contributed by atoms with Crippen LogP contribution in [-0.4, -0.2) is 15.7 Å². The zero-order chi connectivity index (χ0) is 15.3. The van der Waals surface area contributed by atoms with Crippen LogP contribution in [0, 0.1) is 11.3 Å². The topological polar surface area (TPSA) is 61.9 Å². The third-order valence-electron chi connectivity index (χ3n) is 4.98. The van der Waals surface area contributed by atoms with Crippen LogP contribution in [0.2, 0.25) is 0 Å². The lowest BCUT2D eigenvalue weighted by molar-refractivity contribution is -0.122. The third kappa shape index (κ3) is 1.47. The van der Waals surface area contributed by atoms with E-state index in [0.29, 0.717) is 5.56 Å². The van der Waals surface area contributed by atoms with Crippen molar-refractivity contribution >= 4 is 17.4 Å². The summed E-state index contributed by atoms with van der Waals surface area (Å²) in [5.74, 6) is 0.844. The molecule has 2 aromatic rings. The maximum atomic E-state index is 13.3. The molecule has 0 saturated heterocycles. The fraction of sp³-hybridized carbons (Fsp3) is 0.353. The van der Waals surface area contributed by atoms with Gasteiger partial charge in [-0.3, -0.25) is 14.4 Å². The van der Waals surface area contributed by atoms with E-state index in [-0.39, 0.29) is 5.91 Å². The Hall–Kier alpha value is -2.61. The minimum atomic E-state index is -0.522. The Labute approximate surface area is 128 Å². The molecule has 1 aliphatic carbocycles. The maximum absolute atomic E-state index is 13.3. The van der Waals surface area contributed by atoms with Gasteiger partial charge in [-0.2, -0.15) is 10.4 Å². The van der Waals surface area contributed by atoms with Crippen molar-refractivity contribution in [2.45, 2.75) is 31.1 Å². The first kappa shape index (κ1) is 13.1. The molecule has 22 heavy (non-hydrogen) atoms. The molecule has 0 unspecified atom stereocenters. The minimum Gasteiger partial charge on any atom is -0.273 e. The Kier molecular flexibility index (Phi) is 2.64. The van der Waals surface area contributed by atoms with Gasteiger partial charge in [-0.05, 0) is 25.0 Å². The zero-order valence-corrected chi connectivity index (χ0v) is 12.4. The van der Waals surface area contributed by atoms with E-state index in [4.69, 9.17) is 0 Å². The van der Waals surface area contributed by atoms with Gasteiger partial charge in [0.25, 0.3) is 0 Å². The van der Waals surface area contributed by atoms with Gasteiger partial charge in [-0.15, -0.1) is 0 Å². The lowest BCUT2D eigenvalue weighted by atomic mass is 9.78. The highest BCUT2D eigenvalue weighted by atomic mass is 16.2. The average molecular weight is 292 g/mol. The largest absolute Gasteiger partial charge is 0.273 e. The summed E-state index contributed by atoms with van der Waals surface area (Å²) in [4.78, 5) is 15.0. The molecule has 0 bridgehead atoms. The molecule has 1 spiro atoms. The molecule has 0 N–H and O–H groups in total. The van der Waals surface area contributed by atoms with Crippen LogP contribution >= 0.6 is 0 Å². The van der Waals surface area contributed by atoms with Crippen molar-refractivity contribution in [2.75, 3.05) is 4.90 Å². The number of nitrogens with zero attached hydrogens (tertiary/aromatic N) is 4. The van der Waals surface area contributed by atoms with Crippen molar-refractivity contribution in [1.82, 2.24) is 9.78 Å². The van der Waals surface area contributed by atoms with Gasteiger partial charge < -0.3 is 0 Å². The first-order chi connectivity index (χ1) is 10.7. The van der Waals surface area contributed by atoms with Crippen LogP contribution in [0.1, 0.15) is 36.8 Å². The smallest absolute Gasteiger partial charge is 0.243 e. The maximum Gasteiger partial charge on any atom is 0.243 e.